The van der Waals surface area contributed by atoms with Gasteiger partial charge in [0.2, 0.25) is 11.8 Å². The standard InChI is InChI=1S/C26H32F3N5O4/c1-17(2)24(36)34-11-9-19-18(15-34)6-4-8-21(19)32-14-23(35)33(12-13-38-25(37)30-3)16-22-20(26(27,28)29)7-5-10-31-22/h4-8,10,17,32H,9,11-16H2,1-3H3,(H,30,37). The summed E-state index contributed by atoms with van der Waals surface area (Å²) in [6.07, 6.45) is -3.51. The Balaban J connectivity index is 1.74. The van der Waals surface area contributed by atoms with Crippen molar-refractivity contribution in [2.75, 3.05) is 38.6 Å². The fourth-order valence-corrected chi connectivity index (χ4v) is 4.23. The van der Waals surface area contributed by atoms with Crippen LogP contribution in [-0.4, -0.2) is 66.0 Å². The van der Waals surface area contributed by atoms with Crippen LogP contribution in [0.25, 0.3) is 0 Å². The van der Waals surface area contributed by atoms with E-state index in [1.807, 2.05) is 32.0 Å². The van der Waals surface area contributed by atoms with Gasteiger partial charge in [-0.1, -0.05) is 26.0 Å². The average Bonchev–Trinajstić information content (AvgIpc) is 2.89. The van der Waals surface area contributed by atoms with Gasteiger partial charge in [-0.2, -0.15) is 13.2 Å². The minimum atomic E-state index is -4.64. The molecule has 38 heavy (non-hydrogen) atoms. The predicted molar refractivity (Wildman–Crippen MR) is 134 cm³/mol. The summed E-state index contributed by atoms with van der Waals surface area (Å²) in [6.45, 7) is 3.80. The number of rotatable bonds is 9. The number of alkyl carbamates (subject to hydrolysis) is 1. The first-order valence-corrected chi connectivity index (χ1v) is 12.3. The number of amides is 3. The summed E-state index contributed by atoms with van der Waals surface area (Å²) in [7, 11) is 1.37. The third-order valence-corrected chi connectivity index (χ3v) is 6.19. The number of ether oxygens (including phenoxy) is 1. The van der Waals surface area contributed by atoms with E-state index < -0.39 is 30.3 Å². The fraction of sp³-hybridized carbons (Fsp3) is 0.462. The summed E-state index contributed by atoms with van der Waals surface area (Å²) in [6, 6.07) is 7.68. The lowest BCUT2D eigenvalue weighted by Crippen LogP contribution is -2.40. The number of nitrogens with zero attached hydrogens (tertiary/aromatic N) is 3. The second kappa shape index (κ2) is 12.6. The van der Waals surface area contributed by atoms with Gasteiger partial charge in [-0.15, -0.1) is 0 Å². The molecule has 3 amide bonds. The molecular weight excluding hydrogens is 503 g/mol. The number of aromatic nitrogens is 1. The second-order valence-corrected chi connectivity index (χ2v) is 9.16. The Bertz CT molecular complexity index is 1160. The maximum atomic E-state index is 13.5. The average molecular weight is 536 g/mol. The summed E-state index contributed by atoms with van der Waals surface area (Å²) >= 11 is 0. The van der Waals surface area contributed by atoms with E-state index >= 15 is 0 Å². The Hall–Kier alpha value is -3.83. The summed E-state index contributed by atoms with van der Waals surface area (Å²) in [4.78, 5) is 43.8. The number of alkyl halides is 3. The molecule has 0 bridgehead atoms. The van der Waals surface area contributed by atoms with E-state index in [4.69, 9.17) is 4.74 Å². The van der Waals surface area contributed by atoms with Crippen molar-refractivity contribution in [2.45, 2.75) is 39.5 Å². The lowest BCUT2D eigenvalue weighted by molar-refractivity contribution is -0.140. The predicted octanol–water partition coefficient (Wildman–Crippen LogP) is 3.44. The first-order chi connectivity index (χ1) is 18.0. The number of hydrogen-bond donors (Lipinski definition) is 2. The summed E-state index contributed by atoms with van der Waals surface area (Å²) in [5, 5.41) is 5.38. The molecule has 0 aliphatic carbocycles. The van der Waals surface area contributed by atoms with Crippen molar-refractivity contribution in [3.63, 3.8) is 0 Å². The zero-order valence-corrected chi connectivity index (χ0v) is 21.6. The molecule has 0 spiro atoms. The molecule has 1 aliphatic rings. The molecule has 1 aromatic carbocycles. The number of nitrogens with one attached hydrogen (secondary N) is 2. The lowest BCUT2D eigenvalue weighted by Gasteiger charge is -2.31. The number of carbonyl (C=O) groups is 3. The minimum Gasteiger partial charge on any atom is -0.448 e. The Morgan fingerprint density at radius 2 is 1.95 bits per heavy atom. The van der Waals surface area contributed by atoms with Crippen LogP contribution >= 0.6 is 0 Å². The maximum absolute atomic E-state index is 13.5. The summed E-state index contributed by atoms with van der Waals surface area (Å²) in [5.74, 6) is -0.522. The van der Waals surface area contributed by atoms with Crippen LogP contribution in [0.15, 0.2) is 36.5 Å². The van der Waals surface area contributed by atoms with E-state index in [0.717, 1.165) is 22.9 Å². The van der Waals surface area contributed by atoms with Gasteiger partial charge in [-0.05, 0) is 35.7 Å². The molecule has 1 aliphatic heterocycles. The zero-order valence-electron chi connectivity index (χ0n) is 21.6. The van der Waals surface area contributed by atoms with E-state index in [-0.39, 0.29) is 37.2 Å². The number of pyridine rings is 1. The van der Waals surface area contributed by atoms with Crippen molar-refractivity contribution in [3.05, 3.63) is 58.9 Å². The first kappa shape index (κ1) is 28.7. The highest BCUT2D eigenvalue weighted by atomic mass is 19.4. The molecule has 2 heterocycles. The van der Waals surface area contributed by atoms with E-state index in [2.05, 4.69) is 15.6 Å². The fourth-order valence-electron chi connectivity index (χ4n) is 4.23. The number of carbonyl (C=O) groups excluding carboxylic acids is 3. The van der Waals surface area contributed by atoms with Crippen LogP contribution in [0.5, 0.6) is 0 Å². The molecule has 0 atom stereocenters. The van der Waals surface area contributed by atoms with Gasteiger partial charge in [0, 0.05) is 37.9 Å². The Morgan fingerprint density at radius 3 is 2.63 bits per heavy atom. The highest BCUT2D eigenvalue weighted by Crippen LogP contribution is 2.31. The monoisotopic (exact) mass is 535 g/mol. The quantitative estimate of drug-likeness (QED) is 0.510. The number of fused-ring (bicyclic) bond motifs is 1. The minimum absolute atomic E-state index is 0.0755. The smallest absolute Gasteiger partial charge is 0.418 e. The molecule has 0 saturated heterocycles. The highest BCUT2D eigenvalue weighted by Gasteiger charge is 2.34. The van der Waals surface area contributed by atoms with Crippen LogP contribution in [-0.2, 0) is 40.0 Å². The Kier molecular flexibility index (Phi) is 9.54. The Morgan fingerprint density at radius 1 is 1.18 bits per heavy atom. The van der Waals surface area contributed by atoms with Gasteiger partial charge in [0.15, 0.2) is 0 Å². The van der Waals surface area contributed by atoms with Crippen molar-refractivity contribution in [1.29, 1.82) is 0 Å². The third kappa shape index (κ3) is 7.36. The number of hydrogen-bond acceptors (Lipinski definition) is 6. The SMILES string of the molecule is CNC(=O)OCCN(Cc1ncccc1C(F)(F)F)C(=O)CNc1cccc2c1CCN(C(=O)C(C)C)C2. The molecule has 206 valence electrons. The number of benzene rings is 1. The van der Waals surface area contributed by atoms with E-state index in [1.54, 1.807) is 4.90 Å². The van der Waals surface area contributed by atoms with Gasteiger partial charge in [0.1, 0.15) is 6.61 Å². The van der Waals surface area contributed by atoms with Crippen LogP contribution in [0, 0.1) is 5.92 Å². The van der Waals surface area contributed by atoms with Crippen molar-refractivity contribution in [3.8, 4) is 0 Å². The summed E-state index contributed by atoms with van der Waals surface area (Å²) in [5.41, 5.74) is 1.45. The van der Waals surface area contributed by atoms with Crippen molar-refractivity contribution in [1.82, 2.24) is 20.1 Å². The van der Waals surface area contributed by atoms with Gasteiger partial charge in [-0.25, -0.2) is 4.79 Å². The van der Waals surface area contributed by atoms with E-state index in [0.29, 0.717) is 19.5 Å². The molecule has 3 rings (SSSR count). The van der Waals surface area contributed by atoms with E-state index in [1.165, 1.54) is 24.2 Å². The van der Waals surface area contributed by atoms with Crippen LogP contribution in [0.4, 0.5) is 23.7 Å². The first-order valence-electron chi connectivity index (χ1n) is 12.3. The molecule has 1 aromatic heterocycles. The van der Waals surface area contributed by atoms with Gasteiger partial charge >= 0.3 is 12.3 Å². The van der Waals surface area contributed by atoms with Crippen molar-refractivity contribution < 1.29 is 32.3 Å². The van der Waals surface area contributed by atoms with Gasteiger partial charge in [0.25, 0.3) is 0 Å². The maximum Gasteiger partial charge on any atom is 0.418 e. The van der Waals surface area contributed by atoms with Gasteiger partial charge in [-0.3, -0.25) is 14.6 Å². The second-order valence-electron chi connectivity index (χ2n) is 9.16. The lowest BCUT2D eigenvalue weighted by atomic mass is 9.97. The van der Waals surface area contributed by atoms with Crippen molar-refractivity contribution >= 4 is 23.6 Å². The van der Waals surface area contributed by atoms with E-state index in [9.17, 15) is 27.6 Å². The molecule has 9 nitrogen and oxygen atoms in total. The molecule has 0 saturated carbocycles. The largest absolute Gasteiger partial charge is 0.448 e. The zero-order chi connectivity index (χ0) is 27.9. The van der Waals surface area contributed by atoms with Gasteiger partial charge in [0.05, 0.1) is 30.9 Å². The molecule has 2 N–H and O–H groups in total. The molecule has 0 unspecified atom stereocenters. The van der Waals surface area contributed by atoms with Crippen LogP contribution in [0.3, 0.4) is 0 Å². The number of halogens is 3. The topological polar surface area (TPSA) is 104 Å². The van der Waals surface area contributed by atoms with Crippen LogP contribution in [0.1, 0.15) is 36.2 Å². The van der Waals surface area contributed by atoms with Gasteiger partial charge < -0.3 is 25.2 Å². The Labute approximate surface area is 219 Å². The highest BCUT2D eigenvalue weighted by molar-refractivity contribution is 5.82. The molecule has 12 heteroatoms. The molecule has 0 radical (unpaired) electrons. The summed E-state index contributed by atoms with van der Waals surface area (Å²) < 4.78 is 45.4. The van der Waals surface area contributed by atoms with Crippen LogP contribution in [0.2, 0.25) is 0 Å². The van der Waals surface area contributed by atoms with Crippen LogP contribution < -0.4 is 10.6 Å². The normalized spacial score (nSPS) is 13.1. The third-order valence-electron chi connectivity index (χ3n) is 6.19. The van der Waals surface area contributed by atoms with Crippen molar-refractivity contribution in [2.24, 2.45) is 5.92 Å². The molecular formula is C26H32F3N5O4. The number of anilines is 1. The molecule has 0 fully saturated rings. The molecule has 2 aromatic rings.